The molecule has 0 saturated carbocycles. The summed E-state index contributed by atoms with van der Waals surface area (Å²) in [5, 5.41) is 2.99. The number of nitrogens with two attached hydrogens (primary N) is 1. The molecule has 7 heteroatoms. The van der Waals surface area contributed by atoms with E-state index in [9.17, 15) is 14.4 Å². The SMILES string of the molecule is CCCCOC(=O)C1=C(N)Nc2ccccc2[C@@]12C(=O)OC1=C2C(=O)CC(C)(C)C1. The molecular formula is C23H26N2O5. The van der Waals surface area contributed by atoms with Crippen LogP contribution in [0.5, 0.6) is 0 Å². The highest BCUT2D eigenvalue weighted by atomic mass is 16.5. The zero-order valence-corrected chi connectivity index (χ0v) is 17.5. The summed E-state index contributed by atoms with van der Waals surface area (Å²) in [5.74, 6) is -1.29. The predicted molar refractivity (Wildman–Crippen MR) is 110 cm³/mol. The van der Waals surface area contributed by atoms with E-state index in [0.29, 0.717) is 29.9 Å². The third kappa shape index (κ3) is 2.83. The lowest BCUT2D eigenvalue weighted by Gasteiger charge is -2.38. The zero-order valence-electron chi connectivity index (χ0n) is 17.5. The number of hydrogen-bond donors (Lipinski definition) is 2. The molecule has 3 N–H and O–H groups in total. The van der Waals surface area contributed by atoms with Gasteiger partial charge in [0.2, 0.25) is 0 Å². The fourth-order valence-corrected chi connectivity index (χ4v) is 4.64. The monoisotopic (exact) mass is 410 g/mol. The Balaban J connectivity index is 1.96. The fraction of sp³-hybridized carbons (Fsp3) is 0.435. The predicted octanol–water partition coefficient (Wildman–Crippen LogP) is 3.06. The number of carbonyl (C=O) groups is 3. The Morgan fingerprint density at radius 1 is 1.23 bits per heavy atom. The summed E-state index contributed by atoms with van der Waals surface area (Å²) in [6.07, 6.45) is 2.20. The van der Waals surface area contributed by atoms with Crippen molar-refractivity contribution in [2.24, 2.45) is 11.1 Å². The molecule has 0 bridgehead atoms. The second-order valence-electron chi connectivity index (χ2n) is 8.83. The standard InChI is InChI=1S/C23H26N2O5/c1-4-5-10-29-20(27)18-19(24)25-14-9-7-6-8-13(14)23(18)17-15(26)11-22(2,3)12-16(17)30-21(23)28/h6-9,25H,4-5,10-12,24H2,1-3H3/t23-/m0/s1. The van der Waals surface area contributed by atoms with Crippen molar-refractivity contribution in [3.8, 4) is 0 Å². The summed E-state index contributed by atoms with van der Waals surface area (Å²) >= 11 is 0. The molecule has 0 amide bonds. The molecule has 1 spiro atoms. The van der Waals surface area contributed by atoms with Gasteiger partial charge in [-0.1, -0.05) is 45.4 Å². The van der Waals surface area contributed by atoms with Crippen LogP contribution in [0.2, 0.25) is 0 Å². The minimum absolute atomic E-state index is 0.00136. The van der Waals surface area contributed by atoms with E-state index < -0.39 is 17.4 Å². The summed E-state index contributed by atoms with van der Waals surface area (Å²) in [5.41, 5.74) is 5.39. The minimum Gasteiger partial charge on any atom is -0.462 e. The number of nitrogens with one attached hydrogen (secondary N) is 1. The lowest BCUT2D eigenvalue weighted by Crippen LogP contribution is -2.48. The van der Waals surface area contributed by atoms with Gasteiger partial charge in [0.05, 0.1) is 12.2 Å². The molecule has 1 aliphatic carbocycles. The number of allylic oxidation sites excluding steroid dienone is 1. The van der Waals surface area contributed by atoms with E-state index in [1.807, 2.05) is 20.8 Å². The van der Waals surface area contributed by atoms with Crippen LogP contribution >= 0.6 is 0 Å². The molecule has 2 heterocycles. The van der Waals surface area contributed by atoms with E-state index in [0.717, 1.165) is 6.42 Å². The van der Waals surface area contributed by atoms with Crippen LogP contribution in [0.15, 0.2) is 47.0 Å². The van der Waals surface area contributed by atoms with Crippen LogP contribution in [0.4, 0.5) is 5.69 Å². The number of anilines is 1. The average Bonchev–Trinajstić information content (AvgIpc) is 2.93. The van der Waals surface area contributed by atoms with Crippen LogP contribution in [0.25, 0.3) is 0 Å². The summed E-state index contributed by atoms with van der Waals surface area (Å²) in [6.45, 7) is 6.09. The van der Waals surface area contributed by atoms with Gasteiger partial charge < -0.3 is 20.5 Å². The lowest BCUT2D eigenvalue weighted by molar-refractivity contribution is -0.146. The quantitative estimate of drug-likeness (QED) is 0.580. The topological polar surface area (TPSA) is 108 Å². The highest BCUT2D eigenvalue weighted by molar-refractivity contribution is 6.18. The molecule has 7 nitrogen and oxygen atoms in total. The van der Waals surface area contributed by atoms with Crippen LogP contribution in [-0.2, 0) is 29.3 Å². The molecule has 30 heavy (non-hydrogen) atoms. The van der Waals surface area contributed by atoms with E-state index >= 15 is 0 Å². The van der Waals surface area contributed by atoms with Gasteiger partial charge in [-0.05, 0) is 17.9 Å². The molecular weight excluding hydrogens is 384 g/mol. The smallest absolute Gasteiger partial charge is 0.339 e. The second kappa shape index (κ2) is 7.00. The molecule has 3 aliphatic rings. The maximum Gasteiger partial charge on any atom is 0.339 e. The van der Waals surface area contributed by atoms with E-state index in [-0.39, 0.29) is 41.2 Å². The molecule has 158 valence electrons. The van der Waals surface area contributed by atoms with Gasteiger partial charge in [0.15, 0.2) is 11.2 Å². The van der Waals surface area contributed by atoms with E-state index in [1.54, 1.807) is 24.3 Å². The Bertz CT molecular complexity index is 1020. The maximum atomic E-state index is 13.5. The molecule has 2 aliphatic heterocycles. The molecule has 4 rings (SSSR count). The van der Waals surface area contributed by atoms with Crippen LogP contribution in [0.3, 0.4) is 0 Å². The molecule has 1 aromatic carbocycles. The maximum absolute atomic E-state index is 13.5. The number of ether oxygens (including phenoxy) is 2. The number of ketones is 1. The molecule has 0 unspecified atom stereocenters. The number of para-hydroxylation sites is 1. The molecule has 0 fully saturated rings. The van der Waals surface area contributed by atoms with Gasteiger partial charge in [0.25, 0.3) is 0 Å². The first-order chi connectivity index (χ1) is 14.2. The number of hydrogen-bond acceptors (Lipinski definition) is 7. The minimum atomic E-state index is -1.71. The first-order valence-electron chi connectivity index (χ1n) is 10.3. The third-order valence-electron chi connectivity index (χ3n) is 5.91. The van der Waals surface area contributed by atoms with E-state index in [4.69, 9.17) is 15.2 Å². The summed E-state index contributed by atoms with van der Waals surface area (Å²) < 4.78 is 11.1. The number of Topliss-reactive ketones (excluding diaryl/α,β-unsaturated/α-hetero) is 1. The number of carbonyl (C=O) groups excluding carboxylic acids is 3. The highest BCUT2D eigenvalue weighted by Crippen LogP contribution is 2.56. The lowest BCUT2D eigenvalue weighted by atomic mass is 9.62. The van der Waals surface area contributed by atoms with Crippen molar-refractivity contribution in [3.63, 3.8) is 0 Å². The van der Waals surface area contributed by atoms with Crippen LogP contribution in [0, 0.1) is 5.41 Å². The largest absolute Gasteiger partial charge is 0.462 e. The number of esters is 2. The van der Waals surface area contributed by atoms with Gasteiger partial charge in [0, 0.05) is 24.1 Å². The molecule has 1 atom stereocenters. The normalized spacial score (nSPS) is 24.4. The van der Waals surface area contributed by atoms with Crippen molar-refractivity contribution in [1.82, 2.24) is 0 Å². The third-order valence-corrected chi connectivity index (χ3v) is 5.91. The van der Waals surface area contributed by atoms with E-state index in [2.05, 4.69) is 5.32 Å². The zero-order chi connectivity index (χ0) is 21.7. The van der Waals surface area contributed by atoms with Crippen molar-refractivity contribution in [1.29, 1.82) is 0 Å². The Morgan fingerprint density at radius 2 is 1.97 bits per heavy atom. The Kier molecular flexibility index (Phi) is 4.71. The van der Waals surface area contributed by atoms with Crippen molar-refractivity contribution in [2.75, 3.05) is 11.9 Å². The van der Waals surface area contributed by atoms with Gasteiger partial charge in [-0.2, -0.15) is 0 Å². The number of benzene rings is 1. The van der Waals surface area contributed by atoms with Crippen molar-refractivity contribution in [2.45, 2.75) is 51.9 Å². The van der Waals surface area contributed by atoms with Gasteiger partial charge >= 0.3 is 11.9 Å². The first-order valence-corrected chi connectivity index (χ1v) is 10.3. The first kappa shape index (κ1) is 20.2. The number of rotatable bonds is 4. The van der Waals surface area contributed by atoms with Crippen LogP contribution in [-0.4, -0.2) is 24.3 Å². The molecule has 0 radical (unpaired) electrons. The van der Waals surface area contributed by atoms with Crippen molar-refractivity contribution < 1.29 is 23.9 Å². The second-order valence-corrected chi connectivity index (χ2v) is 8.83. The van der Waals surface area contributed by atoms with Crippen LogP contribution in [0.1, 0.15) is 52.0 Å². The molecule has 1 aromatic rings. The molecule has 0 saturated heterocycles. The Morgan fingerprint density at radius 3 is 2.70 bits per heavy atom. The fourth-order valence-electron chi connectivity index (χ4n) is 4.64. The van der Waals surface area contributed by atoms with Gasteiger partial charge in [-0.3, -0.25) is 4.79 Å². The highest BCUT2D eigenvalue weighted by Gasteiger charge is 2.64. The molecule has 0 aromatic heterocycles. The Labute approximate surface area is 175 Å². The van der Waals surface area contributed by atoms with Crippen molar-refractivity contribution in [3.05, 3.63) is 52.6 Å². The Hall–Kier alpha value is -3.09. The summed E-state index contributed by atoms with van der Waals surface area (Å²) in [4.78, 5) is 40.0. The summed E-state index contributed by atoms with van der Waals surface area (Å²) in [6, 6.07) is 7.02. The van der Waals surface area contributed by atoms with Gasteiger partial charge in [-0.25, -0.2) is 9.59 Å². The number of unbranched alkanes of at least 4 members (excludes halogenated alkanes) is 1. The summed E-state index contributed by atoms with van der Waals surface area (Å²) in [7, 11) is 0. The van der Waals surface area contributed by atoms with E-state index in [1.165, 1.54) is 0 Å². The van der Waals surface area contributed by atoms with Gasteiger partial charge in [0.1, 0.15) is 17.2 Å². The number of fused-ring (bicyclic) bond motifs is 3. The van der Waals surface area contributed by atoms with Gasteiger partial charge in [-0.15, -0.1) is 0 Å². The average molecular weight is 410 g/mol. The van der Waals surface area contributed by atoms with Crippen molar-refractivity contribution >= 4 is 23.4 Å². The van der Waals surface area contributed by atoms with Crippen LogP contribution < -0.4 is 11.1 Å².